The zero-order valence-electron chi connectivity index (χ0n) is 16.8. The highest BCUT2D eigenvalue weighted by Crippen LogP contribution is 2.36. The van der Waals surface area contributed by atoms with Gasteiger partial charge in [-0.25, -0.2) is 0 Å². The Kier molecular flexibility index (Phi) is 7.07. The van der Waals surface area contributed by atoms with Crippen LogP contribution in [0.5, 0.6) is 5.75 Å². The molecule has 2 aromatic carbocycles. The summed E-state index contributed by atoms with van der Waals surface area (Å²) in [6, 6.07) is 18.5. The first-order valence-corrected chi connectivity index (χ1v) is 10.1. The van der Waals surface area contributed by atoms with E-state index in [1.54, 1.807) is 0 Å². The first-order chi connectivity index (χ1) is 13.6. The molecule has 1 heterocycles. The molecule has 3 rings (SSSR count). The Morgan fingerprint density at radius 2 is 1.79 bits per heavy atom. The van der Waals surface area contributed by atoms with Gasteiger partial charge >= 0.3 is 0 Å². The lowest BCUT2D eigenvalue weighted by Crippen LogP contribution is -2.15. The van der Waals surface area contributed by atoms with E-state index in [2.05, 4.69) is 61.2 Å². The number of hydrogen-bond donors (Lipinski definition) is 0. The van der Waals surface area contributed by atoms with Crippen LogP contribution in [0.3, 0.4) is 0 Å². The van der Waals surface area contributed by atoms with Gasteiger partial charge in [-0.15, -0.1) is 0 Å². The van der Waals surface area contributed by atoms with Gasteiger partial charge in [-0.2, -0.15) is 0 Å². The third-order valence-electron chi connectivity index (χ3n) is 4.71. The van der Waals surface area contributed by atoms with E-state index in [1.165, 1.54) is 11.1 Å². The average molecular weight is 395 g/mol. The van der Waals surface area contributed by atoms with Crippen LogP contribution in [-0.2, 0) is 6.42 Å². The minimum atomic E-state index is 0.625. The SMILES string of the molecule is CCc1ccccc1-c1cccnc1-c1ccc(Cl)c(OCCCN(C)C)c1. The van der Waals surface area contributed by atoms with Crippen molar-refractivity contribution in [2.24, 2.45) is 0 Å². The zero-order chi connectivity index (χ0) is 19.9. The van der Waals surface area contributed by atoms with Gasteiger partial charge in [0.15, 0.2) is 0 Å². The van der Waals surface area contributed by atoms with E-state index in [-0.39, 0.29) is 0 Å². The number of benzene rings is 2. The van der Waals surface area contributed by atoms with Crippen molar-refractivity contribution >= 4 is 11.6 Å². The van der Waals surface area contributed by atoms with E-state index >= 15 is 0 Å². The molecule has 0 amide bonds. The summed E-state index contributed by atoms with van der Waals surface area (Å²) < 4.78 is 5.95. The number of ether oxygens (including phenoxy) is 1. The van der Waals surface area contributed by atoms with Crippen LogP contribution in [0.15, 0.2) is 60.8 Å². The maximum atomic E-state index is 6.37. The third-order valence-corrected chi connectivity index (χ3v) is 5.02. The topological polar surface area (TPSA) is 25.4 Å². The van der Waals surface area contributed by atoms with Crippen LogP contribution in [0.1, 0.15) is 18.9 Å². The van der Waals surface area contributed by atoms with Crippen LogP contribution in [-0.4, -0.2) is 37.1 Å². The van der Waals surface area contributed by atoms with Gasteiger partial charge in [0.2, 0.25) is 0 Å². The average Bonchev–Trinajstić information content (AvgIpc) is 2.72. The van der Waals surface area contributed by atoms with Gasteiger partial charge in [-0.3, -0.25) is 4.98 Å². The van der Waals surface area contributed by atoms with Gasteiger partial charge < -0.3 is 9.64 Å². The number of aromatic nitrogens is 1. The van der Waals surface area contributed by atoms with E-state index in [0.29, 0.717) is 17.4 Å². The van der Waals surface area contributed by atoms with Crippen molar-refractivity contribution in [3.63, 3.8) is 0 Å². The normalized spacial score (nSPS) is 11.0. The molecule has 1 aromatic heterocycles. The molecule has 28 heavy (non-hydrogen) atoms. The maximum Gasteiger partial charge on any atom is 0.138 e. The van der Waals surface area contributed by atoms with Crippen LogP contribution >= 0.6 is 11.6 Å². The van der Waals surface area contributed by atoms with Gasteiger partial charge in [-0.1, -0.05) is 54.9 Å². The highest BCUT2D eigenvalue weighted by molar-refractivity contribution is 6.32. The van der Waals surface area contributed by atoms with E-state index in [4.69, 9.17) is 16.3 Å². The summed E-state index contributed by atoms with van der Waals surface area (Å²) in [7, 11) is 4.12. The summed E-state index contributed by atoms with van der Waals surface area (Å²) in [4.78, 5) is 6.83. The Hall–Kier alpha value is -2.36. The quantitative estimate of drug-likeness (QED) is 0.440. The summed E-state index contributed by atoms with van der Waals surface area (Å²) in [6.07, 6.45) is 3.76. The van der Waals surface area contributed by atoms with Crippen LogP contribution in [0, 0.1) is 0 Å². The number of pyridine rings is 1. The fraction of sp³-hybridized carbons (Fsp3) is 0.292. The van der Waals surface area contributed by atoms with E-state index in [9.17, 15) is 0 Å². The van der Waals surface area contributed by atoms with Crippen LogP contribution in [0.4, 0.5) is 0 Å². The van der Waals surface area contributed by atoms with Crippen molar-refractivity contribution in [2.75, 3.05) is 27.2 Å². The Morgan fingerprint density at radius 1 is 1.00 bits per heavy atom. The number of hydrogen-bond acceptors (Lipinski definition) is 3. The van der Waals surface area contributed by atoms with Crippen molar-refractivity contribution in [3.05, 3.63) is 71.4 Å². The van der Waals surface area contributed by atoms with E-state index in [1.807, 2.05) is 30.5 Å². The first-order valence-electron chi connectivity index (χ1n) is 9.71. The van der Waals surface area contributed by atoms with Crippen molar-refractivity contribution in [1.29, 1.82) is 0 Å². The van der Waals surface area contributed by atoms with Crippen molar-refractivity contribution in [2.45, 2.75) is 19.8 Å². The first kappa shape index (κ1) is 20.4. The Labute approximate surface area is 172 Å². The summed E-state index contributed by atoms with van der Waals surface area (Å²) in [6.45, 7) is 3.79. The lowest BCUT2D eigenvalue weighted by atomic mass is 9.94. The molecule has 0 spiro atoms. The molecule has 0 radical (unpaired) electrons. The second-order valence-corrected chi connectivity index (χ2v) is 7.47. The molecule has 3 nitrogen and oxygen atoms in total. The molecule has 3 aromatic rings. The summed E-state index contributed by atoms with van der Waals surface area (Å²) in [5.41, 5.74) is 5.61. The minimum absolute atomic E-state index is 0.625. The van der Waals surface area contributed by atoms with Gasteiger partial charge in [-0.05, 0) is 56.3 Å². The monoisotopic (exact) mass is 394 g/mol. The fourth-order valence-corrected chi connectivity index (χ4v) is 3.44. The van der Waals surface area contributed by atoms with Gasteiger partial charge in [0.05, 0.1) is 17.3 Å². The largest absolute Gasteiger partial charge is 0.492 e. The molecule has 0 saturated heterocycles. The van der Waals surface area contributed by atoms with Crippen LogP contribution in [0.25, 0.3) is 22.4 Å². The molecule has 0 saturated carbocycles. The molecule has 0 fully saturated rings. The smallest absolute Gasteiger partial charge is 0.138 e. The predicted octanol–water partition coefficient (Wildman–Crippen LogP) is 5.96. The third kappa shape index (κ3) is 4.92. The van der Waals surface area contributed by atoms with Crippen molar-refractivity contribution < 1.29 is 4.74 Å². The number of halogens is 1. The lowest BCUT2D eigenvalue weighted by Gasteiger charge is -2.15. The highest BCUT2D eigenvalue weighted by Gasteiger charge is 2.13. The lowest BCUT2D eigenvalue weighted by molar-refractivity contribution is 0.282. The molecule has 0 N–H and O–H groups in total. The second kappa shape index (κ2) is 9.72. The number of nitrogens with zero attached hydrogens (tertiary/aromatic N) is 2. The Morgan fingerprint density at radius 3 is 2.57 bits per heavy atom. The molecule has 146 valence electrons. The van der Waals surface area contributed by atoms with E-state index < -0.39 is 0 Å². The van der Waals surface area contributed by atoms with Crippen molar-refractivity contribution in [1.82, 2.24) is 9.88 Å². The predicted molar refractivity (Wildman–Crippen MR) is 118 cm³/mol. The summed E-state index contributed by atoms with van der Waals surface area (Å²) in [5.74, 6) is 0.707. The van der Waals surface area contributed by atoms with Crippen LogP contribution < -0.4 is 4.74 Å². The van der Waals surface area contributed by atoms with Gasteiger partial charge in [0.25, 0.3) is 0 Å². The van der Waals surface area contributed by atoms with Gasteiger partial charge in [0, 0.05) is 23.9 Å². The molecular formula is C24H27ClN2O. The standard InChI is InChI=1S/C24H27ClN2O/c1-4-18-9-5-6-10-20(18)21-11-7-14-26-24(21)19-12-13-22(25)23(17-19)28-16-8-15-27(2)3/h5-7,9-14,17H,4,8,15-16H2,1-3H3. The molecular weight excluding hydrogens is 368 g/mol. The fourth-order valence-electron chi connectivity index (χ4n) is 3.27. The molecule has 0 unspecified atom stereocenters. The number of rotatable bonds is 8. The summed E-state index contributed by atoms with van der Waals surface area (Å²) >= 11 is 6.37. The second-order valence-electron chi connectivity index (χ2n) is 7.06. The molecule has 4 heteroatoms. The van der Waals surface area contributed by atoms with E-state index in [0.717, 1.165) is 36.2 Å². The Bertz CT molecular complexity index is 924. The minimum Gasteiger partial charge on any atom is -0.492 e. The molecule has 0 atom stereocenters. The molecule has 0 aliphatic heterocycles. The molecule has 0 aliphatic rings. The molecule has 0 bridgehead atoms. The zero-order valence-corrected chi connectivity index (χ0v) is 17.5. The van der Waals surface area contributed by atoms with Gasteiger partial charge in [0.1, 0.15) is 5.75 Å². The molecule has 0 aliphatic carbocycles. The Balaban J connectivity index is 1.93. The maximum absolute atomic E-state index is 6.37. The summed E-state index contributed by atoms with van der Waals surface area (Å²) in [5, 5.41) is 0.625. The highest BCUT2D eigenvalue weighted by atomic mass is 35.5. The van der Waals surface area contributed by atoms with Crippen molar-refractivity contribution in [3.8, 4) is 28.1 Å². The number of aryl methyl sites for hydroxylation is 1. The van der Waals surface area contributed by atoms with Crippen LogP contribution in [0.2, 0.25) is 5.02 Å².